The molecule has 4 rings (SSSR count). The van der Waals surface area contributed by atoms with Gasteiger partial charge in [0, 0.05) is 23.4 Å². The molecule has 0 saturated carbocycles. The number of rotatable bonds is 12. The quantitative estimate of drug-likeness (QED) is 0.141. The number of carboxylic acids is 2. The van der Waals surface area contributed by atoms with Crippen LogP contribution >= 0.6 is 23.5 Å². The SMILES string of the molecule is CC(C)(Cc1cc(C(F)(F)F)ncc1-c1nc(SCC(=O)O)n[nH]1)C(=O)Nc1ncccc1-c1nc(SCC(=O)O)n[nH]1. The third-order valence-corrected chi connectivity index (χ3v) is 7.32. The molecule has 0 fully saturated rings. The Labute approximate surface area is 248 Å². The van der Waals surface area contributed by atoms with Crippen molar-refractivity contribution in [1.29, 1.82) is 0 Å². The van der Waals surface area contributed by atoms with Crippen molar-refractivity contribution in [2.24, 2.45) is 5.41 Å². The molecule has 4 aromatic heterocycles. The zero-order valence-electron chi connectivity index (χ0n) is 22.3. The molecule has 1 amide bonds. The molecule has 0 spiro atoms. The van der Waals surface area contributed by atoms with Crippen LogP contribution in [0.3, 0.4) is 0 Å². The van der Waals surface area contributed by atoms with Crippen LogP contribution in [-0.4, -0.2) is 79.9 Å². The molecule has 0 aliphatic carbocycles. The monoisotopic (exact) mass is 637 g/mol. The van der Waals surface area contributed by atoms with Crippen molar-refractivity contribution in [3.63, 3.8) is 0 Å². The summed E-state index contributed by atoms with van der Waals surface area (Å²) < 4.78 is 40.7. The number of hydrogen-bond acceptors (Lipinski definition) is 11. The van der Waals surface area contributed by atoms with Gasteiger partial charge < -0.3 is 15.5 Å². The predicted octanol–water partition coefficient (Wildman–Crippen LogP) is 3.63. The molecule has 14 nitrogen and oxygen atoms in total. The summed E-state index contributed by atoms with van der Waals surface area (Å²) in [7, 11) is 0. The standard InChI is InChI=1S/C24H22F3N9O5S2/c1-23(2,20(41)30-17-12(4-3-5-28-17)18-31-21(35-33-18)42-9-15(37)38)7-11-6-14(24(25,26)27)29-8-13(11)19-32-22(36-34-19)43-10-16(39)40/h3-6,8H,7,9-10H2,1-2H3,(H,37,38)(H,39,40)(H,28,30,41)(H,31,33,35)(H,32,34,36). The summed E-state index contributed by atoms with van der Waals surface area (Å²) in [6, 6.07) is 4.02. The second kappa shape index (κ2) is 12.8. The Morgan fingerprint density at radius 1 is 0.930 bits per heavy atom. The van der Waals surface area contributed by atoms with Gasteiger partial charge in [0.2, 0.25) is 16.2 Å². The fourth-order valence-corrected chi connectivity index (χ4v) is 4.69. The van der Waals surface area contributed by atoms with Crippen molar-refractivity contribution < 1.29 is 37.8 Å². The van der Waals surface area contributed by atoms with E-state index in [-0.39, 0.29) is 56.8 Å². The first kappa shape index (κ1) is 31.4. The van der Waals surface area contributed by atoms with E-state index < -0.39 is 35.1 Å². The van der Waals surface area contributed by atoms with Crippen molar-refractivity contribution in [1.82, 2.24) is 40.3 Å². The van der Waals surface area contributed by atoms with Crippen molar-refractivity contribution in [2.75, 3.05) is 16.8 Å². The lowest BCUT2D eigenvalue weighted by atomic mass is 9.83. The summed E-state index contributed by atoms with van der Waals surface area (Å²) >= 11 is 1.71. The van der Waals surface area contributed by atoms with Crippen LogP contribution in [0.2, 0.25) is 0 Å². The van der Waals surface area contributed by atoms with E-state index in [0.29, 0.717) is 5.56 Å². The van der Waals surface area contributed by atoms with Crippen molar-refractivity contribution >= 4 is 47.2 Å². The lowest BCUT2D eigenvalue weighted by Gasteiger charge is -2.25. The average molecular weight is 638 g/mol. The maximum atomic E-state index is 13.6. The van der Waals surface area contributed by atoms with Gasteiger partial charge in [-0.2, -0.15) is 13.2 Å². The van der Waals surface area contributed by atoms with Crippen molar-refractivity contribution in [3.05, 3.63) is 41.9 Å². The van der Waals surface area contributed by atoms with Crippen LogP contribution < -0.4 is 5.32 Å². The van der Waals surface area contributed by atoms with Crippen molar-refractivity contribution in [2.45, 2.75) is 36.8 Å². The molecule has 0 atom stereocenters. The smallest absolute Gasteiger partial charge is 0.433 e. The predicted molar refractivity (Wildman–Crippen MR) is 147 cm³/mol. The first-order chi connectivity index (χ1) is 20.2. The molecule has 0 aliphatic heterocycles. The van der Waals surface area contributed by atoms with Gasteiger partial charge in [-0.25, -0.2) is 15.0 Å². The number of anilines is 1. The van der Waals surface area contributed by atoms with E-state index in [1.165, 1.54) is 20.0 Å². The fraction of sp³-hybridized carbons (Fsp3) is 0.292. The van der Waals surface area contributed by atoms with Gasteiger partial charge in [-0.05, 0) is 30.2 Å². The maximum absolute atomic E-state index is 13.6. The number of nitrogens with zero attached hydrogens (tertiary/aromatic N) is 6. The Morgan fingerprint density at radius 3 is 2.07 bits per heavy atom. The van der Waals surface area contributed by atoms with Gasteiger partial charge in [-0.3, -0.25) is 29.6 Å². The molecule has 43 heavy (non-hydrogen) atoms. The van der Waals surface area contributed by atoms with E-state index in [9.17, 15) is 27.6 Å². The molecule has 0 unspecified atom stereocenters. The summed E-state index contributed by atoms with van der Waals surface area (Å²) in [6.45, 7) is 3.07. The molecular weight excluding hydrogens is 615 g/mol. The maximum Gasteiger partial charge on any atom is 0.433 e. The van der Waals surface area contributed by atoms with Gasteiger partial charge in [0.1, 0.15) is 11.5 Å². The Bertz CT molecular complexity index is 1660. The number of aromatic nitrogens is 8. The number of pyridine rings is 2. The summed E-state index contributed by atoms with van der Waals surface area (Å²) in [4.78, 5) is 51.3. The minimum Gasteiger partial charge on any atom is -0.481 e. The molecule has 226 valence electrons. The number of amides is 1. The Kier molecular flexibility index (Phi) is 9.34. The fourth-order valence-electron chi connectivity index (χ4n) is 3.66. The summed E-state index contributed by atoms with van der Waals surface area (Å²) in [5.74, 6) is -2.96. The number of nitrogens with one attached hydrogen (secondary N) is 3. The van der Waals surface area contributed by atoms with Gasteiger partial charge in [0.25, 0.3) is 0 Å². The number of aliphatic carboxylic acids is 2. The highest BCUT2D eigenvalue weighted by Crippen LogP contribution is 2.35. The number of H-pyrrole nitrogens is 2. The number of thioether (sulfide) groups is 2. The number of aromatic amines is 2. The normalized spacial score (nSPS) is 11.8. The zero-order chi connectivity index (χ0) is 31.4. The molecule has 0 bridgehead atoms. The van der Waals surface area contributed by atoms with Gasteiger partial charge in [0.15, 0.2) is 11.6 Å². The van der Waals surface area contributed by atoms with E-state index in [2.05, 4.69) is 45.6 Å². The third-order valence-electron chi connectivity index (χ3n) is 5.66. The summed E-state index contributed by atoms with van der Waals surface area (Å²) in [6.07, 6.45) is -2.56. The minimum absolute atomic E-state index is 0.0502. The zero-order valence-corrected chi connectivity index (χ0v) is 23.9. The Morgan fingerprint density at radius 2 is 1.51 bits per heavy atom. The van der Waals surface area contributed by atoms with Crippen LogP contribution in [0.15, 0.2) is 40.9 Å². The average Bonchev–Trinajstić information content (AvgIpc) is 3.60. The first-order valence-corrected chi connectivity index (χ1v) is 14.1. The topological polar surface area (TPSA) is 213 Å². The molecule has 5 N–H and O–H groups in total. The van der Waals surface area contributed by atoms with E-state index >= 15 is 0 Å². The summed E-state index contributed by atoms with van der Waals surface area (Å²) in [5.41, 5.74) is -1.90. The number of hydrogen-bond donors (Lipinski definition) is 5. The largest absolute Gasteiger partial charge is 0.481 e. The molecule has 0 saturated heterocycles. The first-order valence-electron chi connectivity index (χ1n) is 12.1. The van der Waals surface area contributed by atoms with Gasteiger partial charge >= 0.3 is 18.1 Å². The van der Waals surface area contributed by atoms with Crippen LogP contribution in [-0.2, 0) is 27.0 Å². The van der Waals surface area contributed by atoms with E-state index in [4.69, 9.17) is 10.2 Å². The molecule has 19 heteroatoms. The van der Waals surface area contributed by atoms with Crippen LogP contribution in [0.1, 0.15) is 25.1 Å². The third kappa shape index (κ3) is 8.07. The molecule has 4 heterocycles. The van der Waals surface area contributed by atoms with Gasteiger partial charge in [0.05, 0.1) is 17.1 Å². The molecular formula is C24H22F3N9O5S2. The van der Waals surface area contributed by atoms with Crippen LogP contribution in [0.4, 0.5) is 19.0 Å². The molecule has 0 aliphatic rings. The van der Waals surface area contributed by atoms with Gasteiger partial charge in [-0.15, -0.1) is 10.2 Å². The second-order valence-corrected chi connectivity index (χ2v) is 11.3. The highest BCUT2D eigenvalue weighted by Gasteiger charge is 2.36. The summed E-state index contributed by atoms with van der Waals surface area (Å²) in [5, 5.41) is 33.8. The van der Waals surface area contributed by atoms with Crippen LogP contribution in [0.5, 0.6) is 0 Å². The second-order valence-electron chi connectivity index (χ2n) is 9.44. The van der Waals surface area contributed by atoms with Crippen LogP contribution in [0.25, 0.3) is 22.8 Å². The lowest BCUT2D eigenvalue weighted by Crippen LogP contribution is -2.33. The number of carbonyl (C=O) groups is 3. The molecule has 0 aromatic carbocycles. The van der Waals surface area contributed by atoms with E-state index in [1.807, 2.05) is 0 Å². The molecule has 0 radical (unpaired) electrons. The lowest BCUT2D eigenvalue weighted by molar-refractivity contribution is -0.141. The Balaban J connectivity index is 1.60. The number of carboxylic acid groups (broad SMARTS) is 2. The van der Waals surface area contributed by atoms with E-state index in [1.54, 1.807) is 12.1 Å². The van der Waals surface area contributed by atoms with Gasteiger partial charge in [-0.1, -0.05) is 37.4 Å². The highest BCUT2D eigenvalue weighted by molar-refractivity contribution is 8.00. The highest BCUT2D eigenvalue weighted by atomic mass is 32.2. The Hall–Kier alpha value is -4.52. The van der Waals surface area contributed by atoms with Crippen LogP contribution in [0, 0.1) is 5.41 Å². The number of halogens is 3. The number of alkyl halides is 3. The molecule has 4 aromatic rings. The van der Waals surface area contributed by atoms with E-state index in [0.717, 1.165) is 35.8 Å². The number of carbonyl (C=O) groups excluding carboxylic acids is 1. The van der Waals surface area contributed by atoms with Crippen molar-refractivity contribution in [3.8, 4) is 22.8 Å². The minimum atomic E-state index is -4.76.